The summed E-state index contributed by atoms with van der Waals surface area (Å²) < 4.78 is 0.780. The van der Waals surface area contributed by atoms with Crippen molar-refractivity contribution >= 4 is 33.5 Å². The number of carboxylic acid groups (broad SMARTS) is 1. The highest BCUT2D eigenvalue weighted by Crippen LogP contribution is 2.31. The zero-order valence-electron chi connectivity index (χ0n) is 11.6. The summed E-state index contributed by atoms with van der Waals surface area (Å²) in [6.45, 7) is 0.541. The van der Waals surface area contributed by atoms with E-state index in [-0.39, 0.29) is 11.8 Å². The Morgan fingerprint density at radius 1 is 1.33 bits per heavy atom. The van der Waals surface area contributed by atoms with Crippen LogP contribution in [0.25, 0.3) is 0 Å². The van der Waals surface area contributed by atoms with E-state index < -0.39 is 11.9 Å². The Balaban J connectivity index is 2.08. The first kappa shape index (κ1) is 15.8. The molecule has 4 N–H and O–H groups in total. The van der Waals surface area contributed by atoms with E-state index in [0.29, 0.717) is 17.8 Å². The molecule has 0 spiro atoms. The van der Waals surface area contributed by atoms with Gasteiger partial charge in [0.25, 0.3) is 5.91 Å². The molecule has 1 aliphatic carbocycles. The third kappa shape index (κ3) is 3.97. The molecule has 0 aliphatic heterocycles. The maximum absolute atomic E-state index is 11.5. The van der Waals surface area contributed by atoms with Gasteiger partial charge in [0.2, 0.25) is 0 Å². The van der Waals surface area contributed by atoms with Gasteiger partial charge >= 0.3 is 5.97 Å². The molecule has 1 fully saturated rings. The van der Waals surface area contributed by atoms with Gasteiger partial charge in [0.1, 0.15) is 0 Å². The van der Waals surface area contributed by atoms with E-state index in [1.54, 1.807) is 12.1 Å². The fraction of sp³-hybridized carbons (Fsp3) is 0.467. The maximum Gasteiger partial charge on any atom is 0.306 e. The Morgan fingerprint density at radius 2 is 2.05 bits per heavy atom. The van der Waals surface area contributed by atoms with Crippen LogP contribution in [0.1, 0.15) is 36.0 Å². The summed E-state index contributed by atoms with van der Waals surface area (Å²) in [6, 6.07) is 5.27. The molecule has 2 atom stereocenters. The molecular weight excluding hydrogens is 336 g/mol. The summed E-state index contributed by atoms with van der Waals surface area (Å²) in [7, 11) is 0. The molecule has 1 aliphatic rings. The number of amides is 1. The molecular formula is C15H19BrN2O3. The Kier molecular flexibility index (Phi) is 5.22. The van der Waals surface area contributed by atoms with Crippen LogP contribution in [0.5, 0.6) is 0 Å². The van der Waals surface area contributed by atoms with Gasteiger partial charge in [0.15, 0.2) is 0 Å². The molecule has 21 heavy (non-hydrogen) atoms. The number of primary amides is 1. The molecule has 0 saturated heterocycles. The Bertz CT molecular complexity index is 548. The largest absolute Gasteiger partial charge is 0.481 e. The first-order valence-corrected chi connectivity index (χ1v) is 7.84. The number of benzene rings is 1. The molecule has 114 valence electrons. The number of nitrogens with one attached hydrogen (secondary N) is 1. The number of nitrogens with two attached hydrogens (primary N) is 1. The van der Waals surface area contributed by atoms with Gasteiger partial charge in [-0.3, -0.25) is 9.59 Å². The molecule has 2 unspecified atom stereocenters. The van der Waals surface area contributed by atoms with Crippen molar-refractivity contribution < 1.29 is 14.7 Å². The summed E-state index contributed by atoms with van der Waals surface area (Å²) >= 11 is 3.31. The van der Waals surface area contributed by atoms with E-state index in [4.69, 9.17) is 5.73 Å². The second-order valence-electron chi connectivity index (χ2n) is 5.42. The van der Waals surface area contributed by atoms with Crippen molar-refractivity contribution in [2.75, 3.05) is 11.9 Å². The van der Waals surface area contributed by atoms with Crippen LogP contribution in [-0.2, 0) is 4.79 Å². The first-order chi connectivity index (χ1) is 9.99. The van der Waals surface area contributed by atoms with Crippen LogP contribution in [0.2, 0.25) is 0 Å². The zero-order valence-corrected chi connectivity index (χ0v) is 13.2. The van der Waals surface area contributed by atoms with Crippen LogP contribution in [-0.4, -0.2) is 23.5 Å². The normalized spacial score (nSPS) is 21.8. The van der Waals surface area contributed by atoms with Crippen molar-refractivity contribution in [3.63, 3.8) is 0 Å². The number of halogens is 1. The summed E-state index contributed by atoms with van der Waals surface area (Å²) in [6.07, 6.45) is 3.65. The van der Waals surface area contributed by atoms with Gasteiger partial charge in [0.05, 0.1) is 11.5 Å². The number of anilines is 1. The van der Waals surface area contributed by atoms with Crippen LogP contribution in [0.3, 0.4) is 0 Å². The van der Waals surface area contributed by atoms with Gasteiger partial charge < -0.3 is 16.2 Å². The highest BCUT2D eigenvalue weighted by Gasteiger charge is 2.30. The molecule has 6 heteroatoms. The molecule has 0 heterocycles. The summed E-state index contributed by atoms with van der Waals surface area (Å²) in [5.41, 5.74) is 6.44. The van der Waals surface area contributed by atoms with Crippen molar-refractivity contribution in [1.82, 2.24) is 0 Å². The number of hydrogen-bond donors (Lipinski definition) is 3. The Morgan fingerprint density at radius 3 is 2.71 bits per heavy atom. The fourth-order valence-corrected chi connectivity index (χ4v) is 3.25. The lowest BCUT2D eigenvalue weighted by Gasteiger charge is -2.29. The zero-order chi connectivity index (χ0) is 15.4. The summed E-state index contributed by atoms with van der Waals surface area (Å²) in [5, 5.41) is 12.5. The highest BCUT2D eigenvalue weighted by atomic mass is 79.9. The average Bonchev–Trinajstić information content (AvgIpc) is 2.46. The van der Waals surface area contributed by atoms with E-state index >= 15 is 0 Å². The summed E-state index contributed by atoms with van der Waals surface area (Å²) in [4.78, 5) is 22.8. The number of aliphatic carboxylic acids is 1. The fourth-order valence-electron chi connectivity index (χ4n) is 2.89. The number of hydrogen-bond acceptors (Lipinski definition) is 3. The van der Waals surface area contributed by atoms with E-state index in [0.717, 1.165) is 30.2 Å². The minimum Gasteiger partial charge on any atom is -0.481 e. The lowest BCUT2D eigenvalue weighted by Crippen LogP contribution is -2.32. The Hall–Kier alpha value is -1.56. The van der Waals surface area contributed by atoms with Crippen LogP contribution in [0.4, 0.5) is 5.69 Å². The highest BCUT2D eigenvalue weighted by molar-refractivity contribution is 9.10. The standard InChI is InChI=1S/C15H19BrN2O3/c16-10-5-6-13(12(7-10)14(17)19)18-8-9-3-1-2-4-11(9)15(20)21/h5-7,9,11,18H,1-4,8H2,(H2,17,19)(H,20,21). The number of carbonyl (C=O) groups is 2. The molecule has 0 bridgehead atoms. The van der Waals surface area contributed by atoms with Crippen molar-refractivity contribution in [2.24, 2.45) is 17.6 Å². The smallest absolute Gasteiger partial charge is 0.306 e. The lowest BCUT2D eigenvalue weighted by molar-refractivity contribution is -0.144. The van der Waals surface area contributed by atoms with Crippen LogP contribution in [0, 0.1) is 11.8 Å². The third-order valence-corrected chi connectivity index (χ3v) is 4.52. The van der Waals surface area contributed by atoms with E-state index in [2.05, 4.69) is 21.2 Å². The quantitative estimate of drug-likeness (QED) is 0.757. The van der Waals surface area contributed by atoms with Gasteiger partial charge in [-0.1, -0.05) is 28.8 Å². The molecule has 1 saturated carbocycles. The molecule has 1 aromatic carbocycles. The number of carbonyl (C=O) groups excluding carboxylic acids is 1. The van der Waals surface area contributed by atoms with Crippen LogP contribution in [0.15, 0.2) is 22.7 Å². The van der Waals surface area contributed by atoms with Crippen molar-refractivity contribution in [3.8, 4) is 0 Å². The van der Waals surface area contributed by atoms with Crippen LogP contribution >= 0.6 is 15.9 Å². The summed E-state index contributed by atoms with van der Waals surface area (Å²) in [5.74, 6) is -1.45. The van der Waals surface area contributed by atoms with Gasteiger partial charge in [-0.2, -0.15) is 0 Å². The van der Waals surface area contributed by atoms with E-state index in [1.807, 2.05) is 6.07 Å². The predicted octanol–water partition coefficient (Wildman–Crippen LogP) is 2.85. The van der Waals surface area contributed by atoms with Gasteiger partial charge in [-0.15, -0.1) is 0 Å². The molecule has 0 radical (unpaired) electrons. The van der Waals surface area contributed by atoms with Gasteiger partial charge in [-0.25, -0.2) is 0 Å². The lowest BCUT2D eigenvalue weighted by atomic mass is 9.79. The number of rotatable bonds is 5. The average molecular weight is 355 g/mol. The van der Waals surface area contributed by atoms with Gasteiger partial charge in [-0.05, 0) is 37.0 Å². The Labute approximate surface area is 132 Å². The molecule has 1 amide bonds. The van der Waals surface area contributed by atoms with Crippen LogP contribution < -0.4 is 11.1 Å². The molecule has 0 aromatic heterocycles. The maximum atomic E-state index is 11.5. The monoisotopic (exact) mass is 354 g/mol. The molecule has 5 nitrogen and oxygen atoms in total. The predicted molar refractivity (Wildman–Crippen MR) is 84.2 cm³/mol. The number of carboxylic acids is 1. The second kappa shape index (κ2) is 6.93. The van der Waals surface area contributed by atoms with E-state index in [9.17, 15) is 14.7 Å². The molecule has 1 aromatic rings. The van der Waals surface area contributed by atoms with Gasteiger partial charge in [0, 0.05) is 16.7 Å². The van der Waals surface area contributed by atoms with E-state index in [1.165, 1.54) is 0 Å². The van der Waals surface area contributed by atoms with Crippen molar-refractivity contribution in [3.05, 3.63) is 28.2 Å². The minimum atomic E-state index is -0.729. The van der Waals surface area contributed by atoms with Crippen molar-refractivity contribution in [1.29, 1.82) is 0 Å². The SMILES string of the molecule is NC(=O)c1cc(Br)ccc1NCC1CCCCC1C(=O)O. The second-order valence-corrected chi connectivity index (χ2v) is 6.34. The molecule has 2 rings (SSSR count). The topological polar surface area (TPSA) is 92.4 Å². The van der Waals surface area contributed by atoms with Crippen molar-refractivity contribution in [2.45, 2.75) is 25.7 Å². The third-order valence-electron chi connectivity index (χ3n) is 4.03. The minimum absolute atomic E-state index is 0.0839. The first-order valence-electron chi connectivity index (χ1n) is 7.05.